The van der Waals surface area contributed by atoms with Crippen LogP contribution in [0.4, 0.5) is 14.6 Å². The average Bonchev–Trinajstić information content (AvgIpc) is 2.98. The van der Waals surface area contributed by atoms with Gasteiger partial charge in [0.1, 0.15) is 5.82 Å². The number of rotatable bonds is 5. The Bertz CT molecular complexity index is 662. The summed E-state index contributed by atoms with van der Waals surface area (Å²) in [6.07, 6.45) is 3.18. The lowest BCUT2D eigenvalue weighted by molar-refractivity contribution is 0.459. The number of anilines is 1. The molecule has 1 saturated heterocycles. The molecule has 23 heavy (non-hydrogen) atoms. The molecule has 3 nitrogen and oxygen atoms in total. The Hall–Kier alpha value is -2.01. The second-order valence-electron chi connectivity index (χ2n) is 6.10. The topological polar surface area (TPSA) is 28.2 Å². The molecule has 1 N–H and O–H groups in total. The summed E-state index contributed by atoms with van der Waals surface area (Å²) in [6.45, 7) is 3.55. The van der Waals surface area contributed by atoms with Gasteiger partial charge >= 0.3 is 0 Å². The normalized spacial score (nSPS) is 19.1. The number of nitrogens with one attached hydrogen (secondary N) is 1. The van der Waals surface area contributed by atoms with Crippen LogP contribution in [-0.4, -0.2) is 30.2 Å². The predicted molar refractivity (Wildman–Crippen MR) is 87.5 cm³/mol. The first kappa shape index (κ1) is 15.9. The zero-order valence-electron chi connectivity index (χ0n) is 13.2. The first-order chi connectivity index (χ1) is 11.1. The molecule has 5 heteroatoms. The highest BCUT2D eigenvalue weighted by Gasteiger charge is 2.26. The van der Waals surface area contributed by atoms with Crippen LogP contribution in [0, 0.1) is 11.6 Å². The standard InChI is InChI=1S/C18H21F2N3/c1-13(11-14-5-2-3-6-16(14)19)22-15-8-10-23(12-15)18-17(20)7-4-9-21-18/h2-7,9,13,15,22H,8,10-12H2,1H3/t13-,15+/m1/s1. The molecule has 3 rings (SSSR count). The molecule has 2 aromatic rings. The van der Waals surface area contributed by atoms with Crippen LogP contribution in [0.3, 0.4) is 0 Å². The predicted octanol–water partition coefficient (Wildman–Crippen LogP) is 3.16. The minimum atomic E-state index is -0.285. The fourth-order valence-corrected chi connectivity index (χ4v) is 3.15. The van der Waals surface area contributed by atoms with Crippen molar-refractivity contribution in [3.63, 3.8) is 0 Å². The third-order valence-corrected chi connectivity index (χ3v) is 4.23. The molecule has 0 radical (unpaired) electrons. The molecule has 0 saturated carbocycles. The van der Waals surface area contributed by atoms with Gasteiger partial charge in [0.05, 0.1) is 0 Å². The van der Waals surface area contributed by atoms with Gasteiger partial charge in [-0.25, -0.2) is 13.8 Å². The van der Waals surface area contributed by atoms with Gasteiger partial charge in [-0.05, 0) is 43.5 Å². The molecule has 1 aliphatic heterocycles. The molecule has 0 spiro atoms. The fourth-order valence-electron chi connectivity index (χ4n) is 3.15. The quantitative estimate of drug-likeness (QED) is 0.918. The molecular weight excluding hydrogens is 296 g/mol. The van der Waals surface area contributed by atoms with E-state index < -0.39 is 0 Å². The van der Waals surface area contributed by atoms with Crippen LogP contribution in [0.15, 0.2) is 42.6 Å². The van der Waals surface area contributed by atoms with Crippen molar-refractivity contribution in [2.24, 2.45) is 0 Å². The third-order valence-electron chi connectivity index (χ3n) is 4.23. The van der Waals surface area contributed by atoms with Crippen molar-refractivity contribution in [2.75, 3.05) is 18.0 Å². The van der Waals surface area contributed by atoms with E-state index in [1.54, 1.807) is 18.3 Å². The lowest BCUT2D eigenvalue weighted by atomic mass is 10.1. The van der Waals surface area contributed by atoms with E-state index in [4.69, 9.17) is 0 Å². The van der Waals surface area contributed by atoms with E-state index in [0.717, 1.165) is 25.1 Å². The summed E-state index contributed by atoms with van der Waals surface area (Å²) in [5.74, 6) is -0.0316. The average molecular weight is 317 g/mol. The molecule has 1 aromatic heterocycles. The lowest BCUT2D eigenvalue weighted by Crippen LogP contribution is -2.40. The monoisotopic (exact) mass is 317 g/mol. The number of pyridine rings is 1. The summed E-state index contributed by atoms with van der Waals surface area (Å²) in [5.41, 5.74) is 0.720. The van der Waals surface area contributed by atoms with Crippen molar-refractivity contribution >= 4 is 5.82 Å². The van der Waals surface area contributed by atoms with E-state index in [2.05, 4.69) is 17.2 Å². The fraction of sp³-hybridized carbons (Fsp3) is 0.389. The molecule has 1 fully saturated rings. The second-order valence-corrected chi connectivity index (χ2v) is 6.10. The Kier molecular flexibility index (Phi) is 4.86. The maximum Gasteiger partial charge on any atom is 0.165 e. The van der Waals surface area contributed by atoms with E-state index in [1.165, 1.54) is 12.1 Å². The van der Waals surface area contributed by atoms with Crippen LogP contribution < -0.4 is 10.2 Å². The summed E-state index contributed by atoms with van der Waals surface area (Å²) in [5, 5.41) is 3.52. The van der Waals surface area contributed by atoms with Crippen molar-refractivity contribution in [3.8, 4) is 0 Å². The van der Waals surface area contributed by atoms with Crippen LogP contribution in [0.25, 0.3) is 0 Å². The van der Waals surface area contributed by atoms with Crippen molar-refractivity contribution in [1.82, 2.24) is 10.3 Å². The Morgan fingerprint density at radius 2 is 2.00 bits per heavy atom. The number of benzene rings is 1. The van der Waals surface area contributed by atoms with E-state index in [1.807, 2.05) is 17.0 Å². The van der Waals surface area contributed by atoms with Crippen molar-refractivity contribution in [1.29, 1.82) is 0 Å². The zero-order valence-corrected chi connectivity index (χ0v) is 13.2. The van der Waals surface area contributed by atoms with Gasteiger partial charge in [0.25, 0.3) is 0 Å². The smallest absolute Gasteiger partial charge is 0.165 e. The first-order valence-electron chi connectivity index (χ1n) is 7.98. The van der Waals surface area contributed by atoms with Crippen molar-refractivity contribution < 1.29 is 8.78 Å². The van der Waals surface area contributed by atoms with Gasteiger partial charge in [-0.1, -0.05) is 18.2 Å². The van der Waals surface area contributed by atoms with Gasteiger partial charge in [0.2, 0.25) is 0 Å². The van der Waals surface area contributed by atoms with Crippen LogP contribution in [0.5, 0.6) is 0 Å². The number of hydrogen-bond donors (Lipinski definition) is 1. The molecular formula is C18H21F2N3. The van der Waals surface area contributed by atoms with Gasteiger partial charge in [0.15, 0.2) is 11.6 Å². The number of halogens is 2. The van der Waals surface area contributed by atoms with Gasteiger partial charge in [-0.3, -0.25) is 0 Å². The van der Waals surface area contributed by atoms with Crippen LogP contribution in [0.2, 0.25) is 0 Å². The number of aromatic nitrogens is 1. The van der Waals surface area contributed by atoms with Crippen LogP contribution in [-0.2, 0) is 6.42 Å². The zero-order chi connectivity index (χ0) is 16.2. The maximum atomic E-state index is 13.8. The highest BCUT2D eigenvalue weighted by Crippen LogP contribution is 2.21. The van der Waals surface area contributed by atoms with Crippen molar-refractivity contribution in [3.05, 3.63) is 59.8 Å². The molecule has 0 aliphatic carbocycles. The minimum Gasteiger partial charge on any atom is -0.353 e. The second kappa shape index (κ2) is 7.04. The summed E-state index contributed by atoms with van der Waals surface area (Å²) in [7, 11) is 0. The minimum absolute atomic E-state index is 0.158. The summed E-state index contributed by atoms with van der Waals surface area (Å²) in [6, 6.07) is 10.3. The van der Waals surface area contributed by atoms with E-state index >= 15 is 0 Å². The molecule has 0 unspecified atom stereocenters. The number of hydrogen-bond acceptors (Lipinski definition) is 3. The molecule has 2 atom stereocenters. The van der Waals surface area contributed by atoms with E-state index in [0.29, 0.717) is 12.2 Å². The highest BCUT2D eigenvalue weighted by molar-refractivity contribution is 5.41. The molecule has 0 amide bonds. The molecule has 1 aromatic carbocycles. The van der Waals surface area contributed by atoms with Crippen LogP contribution >= 0.6 is 0 Å². The lowest BCUT2D eigenvalue weighted by Gasteiger charge is -2.21. The highest BCUT2D eigenvalue weighted by atomic mass is 19.1. The molecule has 122 valence electrons. The number of nitrogens with zero attached hydrogens (tertiary/aromatic N) is 2. The Labute approximate surface area is 135 Å². The Balaban J connectivity index is 1.56. The SMILES string of the molecule is C[C@H](Cc1ccccc1F)N[C@H]1CCN(c2ncccc2F)C1. The third kappa shape index (κ3) is 3.85. The summed E-state index contributed by atoms with van der Waals surface area (Å²) in [4.78, 5) is 6.09. The molecule has 2 heterocycles. The maximum absolute atomic E-state index is 13.8. The first-order valence-corrected chi connectivity index (χ1v) is 7.98. The molecule has 1 aliphatic rings. The molecule has 0 bridgehead atoms. The van der Waals surface area contributed by atoms with Gasteiger partial charge in [-0.15, -0.1) is 0 Å². The van der Waals surface area contributed by atoms with Gasteiger partial charge in [0, 0.05) is 31.4 Å². The summed E-state index contributed by atoms with van der Waals surface area (Å²) >= 11 is 0. The Morgan fingerprint density at radius 1 is 1.22 bits per heavy atom. The van der Waals surface area contributed by atoms with Gasteiger partial charge in [-0.2, -0.15) is 0 Å². The largest absolute Gasteiger partial charge is 0.353 e. The Morgan fingerprint density at radius 3 is 2.78 bits per heavy atom. The van der Waals surface area contributed by atoms with Crippen LogP contribution in [0.1, 0.15) is 18.9 Å². The van der Waals surface area contributed by atoms with Crippen molar-refractivity contribution in [2.45, 2.75) is 31.8 Å². The van der Waals surface area contributed by atoms with E-state index in [9.17, 15) is 8.78 Å². The van der Waals surface area contributed by atoms with E-state index in [-0.39, 0.29) is 23.7 Å². The van der Waals surface area contributed by atoms with Gasteiger partial charge < -0.3 is 10.2 Å². The summed E-state index contributed by atoms with van der Waals surface area (Å²) < 4.78 is 27.5.